The summed E-state index contributed by atoms with van der Waals surface area (Å²) >= 11 is 9.71. The van der Waals surface area contributed by atoms with Crippen LogP contribution >= 0.6 is 39.9 Å². The molecule has 0 unspecified atom stereocenters. The van der Waals surface area contributed by atoms with E-state index in [2.05, 4.69) is 26.6 Å². The zero-order valence-corrected chi connectivity index (χ0v) is 19.2. The van der Waals surface area contributed by atoms with E-state index < -0.39 is 0 Å². The smallest absolute Gasteiger partial charge is 0.293 e. The molecule has 0 atom stereocenters. The summed E-state index contributed by atoms with van der Waals surface area (Å²) in [6.45, 7) is 4.64. The van der Waals surface area contributed by atoms with E-state index >= 15 is 0 Å². The van der Waals surface area contributed by atoms with Crippen LogP contribution in [-0.4, -0.2) is 34.2 Å². The van der Waals surface area contributed by atoms with E-state index in [9.17, 15) is 9.59 Å². The number of nitrogens with zero attached hydrogens (tertiary/aromatic N) is 1. The molecule has 2 aromatic rings. The minimum atomic E-state index is -0.282. The third-order valence-corrected chi connectivity index (χ3v) is 6.01. The molecule has 0 aliphatic carbocycles. The van der Waals surface area contributed by atoms with E-state index in [1.54, 1.807) is 6.08 Å². The number of benzene rings is 2. The van der Waals surface area contributed by atoms with Gasteiger partial charge < -0.3 is 10.6 Å². The number of halogens is 1. The lowest BCUT2D eigenvalue weighted by Gasteiger charge is -2.16. The molecule has 150 valence electrons. The Kier molecular flexibility index (Phi) is 7.10. The molecule has 1 heterocycles. The lowest BCUT2D eigenvalue weighted by molar-refractivity contribution is -0.122. The minimum Gasteiger partial charge on any atom is -0.361 e. The number of hydrogen-bond acceptors (Lipinski definition) is 4. The van der Waals surface area contributed by atoms with Crippen molar-refractivity contribution in [3.8, 4) is 0 Å². The molecule has 0 bridgehead atoms. The summed E-state index contributed by atoms with van der Waals surface area (Å²) < 4.78 is 0.916. The second kappa shape index (κ2) is 9.56. The maximum absolute atomic E-state index is 12.6. The lowest BCUT2D eigenvalue weighted by Crippen LogP contribution is -2.38. The van der Waals surface area contributed by atoms with Crippen molar-refractivity contribution in [2.45, 2.75) is 13.8 Å². The number of para-hydroxylation sites is 1. The Morgan fingerprint density at radius 3 is 2.55 bits per heavy atom. The molecule has 2 aromatic carbocycles. The Balaban J connectivity index is 1.56. The number of hydrogen-bond donors (Lipinski definition) is 2. The monoisotopic (exact) mass is 489 g/mol. The predicted octanol–water partition coefficient (Wildman–Crippen LogP) is 5.09. The van der Waals surface area contributed by atoms with Crippen LogP contribution in [0.5, 0.6) is 0 Å². The molecule has 1 aliphatic heterocycles. The average Bonchev–Trinajstić information content (AvgIpc) is 2.92. The Morgan fingerprint density at radius 2 is 1.86 bits per heavy atom. The van der Waals surface area contributed by atoms with Gasteiger partial charge in [0.1, 0.15) is 0 Å². The van der Waals surface area contributed by atoms with Crippen molar-refractivity contribution in [2.75, 3.05) is 18.4 Å². The Morgan fingerprint density at radius 1 is 1.17 bits per heavy atom. The number of amides is 2. The summed E-state index contributed by atoms with van der Waals surface area (Å²) in [6.07, 6.45) is 1.73. The number of carbonyl (C=O) groups is 2. The summed E-state index contributed by atoms with van der Waals surface area (Å²) in [7, 11) is 0. The molecule has 5 nitrogen and oxygen atoms in total. The molecule has 0 radical (unpaired) electrons. The number of aryl methyl sites for hydroxylation is 2. The molecule has 0 spiro atoms. The SMILES string of the molecule is Cc1cccc(C)c1NC(=S)NCCN1C(=O)S/C(=C\c2cccc(Br)c2)C1=O. The van der Waals surface area contributed by atoms with Gasteiger partial charge >= 0.3 is 0 Å². The molecule has 0 aromatic heterocycles. The van der Waals surface area contributed by atoms with Gasteiger partial charge in [0.15, 0.2) is 5.11 Å². The van der Waals surface area contributed by atoms with Crippen LogP contribution in [0.1, 0.15) is 16.7 Å². The normalized spacial score (nSPS) is 15.1. The summed E-state index contributed by atoms with van der Waals surface area (Å²) in [6, 6.07) is 13.6. The van der Waals surface area contributed by atoms with Gasteiger partial charge in [0.25, 0.3) is 11.1 Å². The first kappa shape index (κ1) is 21.5. The fraction of sp³-hybridized carbons (Fsp3) is 0.190. The number of nitrogens with one attached hydrogen (secondary N) is 2. The maximum Gasteiger partial charge on any atom is 0.293 e. The summed E-state index contributed by atoms with van der Waals surface area (Å²) in [5.74, 6) is -0.282. The third-order valence-electron chi connectivity index (χ3n) is 4.36. The zero-order valence-electron chi connectivity index (χ0n) is 16.0. The summed E-state index contributed by atoms with van der Waals surface area (Å²) in [5, 5.41) is 6.43. The van der Waals surface area contributed by atoms with Crippen molar-refractivity contribution in [3.05, 3.63) is 68.5 Å². The predicted molar refractivity (Wildman–Crippen MR) is 127 cm³/mol. The standard InChI is InChI=1S/C21H20BrN3O2S2/c1-13-5-3-6-14(2)18(13)24-20(28)23-9-10-25-19(26)17(29-21(25)27)12-15-7-4-8-16(22)11-15/h3-8,11-12H,9-10H2,1-2H3,(H2,23,24,28)/b17-12-. The topological polar surface area (TPSA) is 61.4 Å². The van der Waals surface area contributed by atoms with E-state index in [0.29, 0.717) is 16.6 Å². The highest BCUT2D eigenvalue weighted by Gasteiger charge is 2.34. The minimum absolute atomic E-state index is 0.245. The number of anilines is 1. The van der Waals surface area contributed by atoms with Crippen molar-refractivity contribution >= 4 is 67.9 Å². The van der Waals surface area contributed by atoms with E-state index in [4.69, 9.17) is 12.2 Å². The van der Waals surface area contributed by atoms with Gasteiger partial charge in [-0.15, -0.1) is 0 Å². The van der Waals surface area contributed by atoms with Crippen LogP contribution in [-0.2, 0) is 4.79 Å². The first-order valence-electron chi connectivity index (χ1n) is 8.97. The first-order chi connectivity index (χ1) is 13.8. The fourth-order valence-electron chi connectivity index (χ4n) is 2.89. The van der Waals surface area contributed by atoms with Crippen molar-refractivity contribution in [1.82, 2.24) is 10.2 Å². The van der Waals surface area contributed by atoms with Crippen molar-refractivity contribution in [3.63, 3.8) is 0 Å². The Hall–Kier alpha value is -2.16. The number of thiocarbonyl (C=S) groups is 1. The second-order valence-corrected chi connectivity index (χ2v) is 8.85. The van der Waals surface area contributed by atoms with Gasteiger partial charge in [0.05, 0.1) is 4.91 Å². The summed E-state index contributed by atoms with van der Waals surface area (Å²) in [5.41, 5.74) is 4.02. The van der Waals surface area contributed by atoms with E-state index in [1.165, 1.54) is 4.90 Å². The van der Waals surface area contributed by atoms with Gasteiger partial charge in [0, 0.05) is 23.2 Å². The molecular formula is C21H20BrN3O2S2. The zero-order chi connectivity index (χ0) is 21.0. The van der Waals surface area contributed by atoms with Gasteiger partial charge in [-0.3, -0.25) is 14.5 Å². The number of imide groups is 1. The molecular weight excluding hydrogens is 470 g/mol. The molecule has 2 N–H and O–H groups in total. The van der Waals surface area contributed by atoms with E-state index in [-0.39, 0.29) is 17.7 Å². The van der Waals surface area contributed by atoms with Crippen LogP contribution in [0.2, 0.25) is 0 Å². The van der Waals surface area contributed by atoms with Crippen molar-refractivity contribution in [2.24, 2.45) is 0 Å². The lowest BCUT2D eigenvalue weighted by atomic mass is 10.1. The van der Waals surface area contributed by atoms with Crippen LogP contribution in [0, 0.1) is 13.8 Å². The van der Waals surface area contributed by atoms with Gasteiger partial charge in [-0.1, -0.05) is 46.3 Å². The Labute approximate surface area is 188 Å². The van der Waals surface area contributed by atoms with Crippen LogP contribution in [0.3, 0.4) is 0 Å². The highest BCUT2D eigenvalue weighted by molar-refractivity contribution is 9.10. The van der Waals surface area contributed by atoms with Gasteiger partial charge in [-0.05, 0) is 72.7 Å². The summed E-state index contributed by atoms with van der Waals surface area (Å²) in [4.78, 5) is 26.5. The average molecular weight is 490 g/mol. The highest BCUT2D eigenvalue weighted by atomic mass is 79.9. The molecule has 1 aliphatic rings. The molecule has 1 fully saturated rings. The second-order valence-electron chi connectivity index (χ2n) is 6.54. The maximum atomic E-state index is 12.6. The Bertz CT molecular complexity index is 987. The molecule has 2 amide bonds. The van der Waals surface area contributed by atoms with Gasteiger partial charge in [-0.25, -0.2) is 0 Å². The van der Waals surface area contributed by atoms with Crippen LogP contribution in [0.25, 0.3) is 6.08 Å². The fourth-order valence-corrected chi connectivity index (χ4v) is 4.38. The van der Waals surface area contributed by atoms with Crippen LogP contribution in [0.4, 0.5) is 10.5 Å². The van der Waals surface area contributed by atoms with Gasteiger partial charge in [0.2, 0.25) is 0 Å². The molecule has 3 rings (SSSR count). The van der Waals surface area contributed by atoms with E-state index in [0.717, 1.165) is 38.6 Å². The number of carbonyl (C=O) groups excluding carboxylic acids is 2. The third kappa shape index (κ3) is 5.46. The number of thioether (sulfide) groups is 1. The molecule has 29 heavy (non-hydrogen) atoms. The molecule has 8 heteroatoms. The van der Waals surface area contributed by atoms with Crippen LogP contribution in [0.15, 0.2) is 51.8 Å². The number of rotatable bonds is 5. The van der Waals surface area contributed by atoms with E-state index in [1.807, 2.05) is 56.3 Å². The quantitative estimate of drug-likeness (QED) is 0.450. The van der Waals surface area contributed by atoms with Crippen LogP contribution < -0.4 is 10.6 Å². The molecule has 0 saturated carbocycles. The highest BCUT2D eigenvalue weighted by Crippen LogP contribution is 2.32. The van der Waals surface area contributed by atoms with Crippen molar-refractivity contribution in [1.29, 1.82) is 0 Å². The first-order valence-corrected chi connectivity index (χ1v) is 11.0. The molecule has 1 saturated heterocycles. The largest absolute Gasteiger partial charge is 0.361 e. The van der Waals surface area contributed by atoms with Crippen molar-refractivity contribution < 1.29 is 9.59 Å². The van der Waals surface area contributed by atoms with Gasteiger partial charge in [-0.2, -0.15) is 0 Å².